The summed E-state index contributed by atoms with van der Waals surface area (Å²) < 4.78 is 38.5. The number of benzene rings is 1. The van der Waals surface area contributed by atoms with Crippen molar-refractivity contribution in [1.29, 1.82) is 0 Å². The van der Waals surface area contributed by atoms with Gasteiger partial charge in [0.1, 0.15) is 10.6 Å². The molecule has 0 bridgehead atoms. The second kappa shape index (κ2) is 5.52. The van der Waals surface area contributed by atoms with Crippen molar-refractivity contribution < 1.29 is 18.1 Å². The molecule has 21 heavy (non-hydrogen) atoms. The molecule has 0 amide bonds. The van der Waals surface area contributed by atoms with Crippen LogP contribution in [0.25, 0.3) is 0 Å². The Hall–Kier alpha value is -2.42. The SMILES string of the molecule is O=[N+]([O-])c1ccc(NC(=S)c2cc[nH]c2)cc1C(F)(F)F. The fourth-order valence-electron chi connectivity index (χ4n) is 1.67. The molecule has 0 saturated heterocycles. The van der Waals surface area contributed by atoms with Crippen LogP contribution < -0.4 is 5.32 Å². The predicted molar refractivity (Wildman–Crippen MR) is 74.2 cm³/mol. The van der Waals surface area contributed by atoms with Crippen LogP contribution >= 0.6 is 12.2 Å². The van der Waals surface area contributed by atoms with Gasteiger partial charge in [-0.25, -0.2) is 0 Å². The first-order valence-corrected chi connectivity index (χ1v) is 5.99. The van der Waals surface area contributed by atoms with Crippen LogP contribution in [0.15, 0.2) is 36.7 Å². The van der Waals surface area contributed by atoms with E-state index < -0.39 is 22.4 Å². The van der Waals surface area contributed by atoms with E-state index in [1.165, 1.54) is 6.07 Å². The Bertz CT molecular complexity index is 684. The number of aromatic amines is 1. The lowest BCUT2D eigenvalue weighted by atomic mass is 10.1. The smallest absolute Gasteiger partial charge is 0.367 e. The van der Waals surface area contributed by atoms with Crippen molar-refractivity contribution in [2.45, 2.75) is 6.18 Å². The molecule has 0 fully saturated rings. The summed E-state index contributed by atoms with van der Waals surface area (Å²) in [6.45, 7) is 0. The van der Waals surface area contributed by atoms with E-state index >= 15 is 0 Å². The molecule has 0 aliphatic rings. The number of thiocarbonyl (C=S) groups is 1. The van der Waals surface area contributed by atoms with E-state index in [2.05, 4.69) is 10.3 Å². The Morgan fingerprint density at radius 1 is 1.33 bits per heavy atom. The molecule has 0 unspecified atom stereocenters. The first kappa shape index (κ1) is 15.0. The van der Waals surface area contributed by atoms with Crippen molar-refractivity contribution in [1.82, 2.24) is 4.98 Å². The fourth-order valence-corrected chi connectivity index (χ4v) is 1.91. The summed E-state index contributed by atoms with van der Waals surface area (Å²) in [5.41, 5.74) is -1.70. The number of hydrogen-bond donors (Lipinski definition) is 2. The second-order valence-electron chi connectivity index (χ2n) is 4.04. The summed E-state index contributed by atoms with van der Waals surface area (Å²) in [4.78, 5) is 12.5. The molecule has 1 aromatic heterocycles. The number of H-pyrrole nitrogens is 1. The molecule has 5 nitrogen and oxygen atoms in total. The van der Waals surface area contributed by atoms with Gasteiger partial charge in [-0.3, -0.25) is 10.1 Å². The molecule has 0 spiro atoms. The maximum atomic E-state index is 12.8. The summed E-state index contributed by atoms with van der Waals surface area (Å²) in [6, 6.07) is 4.28. The van der Waals surface area contributed by atoms with Crippen LogP contribution in [0.1, 0.15) is 11.1 Å². The highest BCUT2D eigenvalue weighted by molar-refractivity contribution is 7.81. The standard InChI is InChI=1S/C12H8F3N3O2S/c13-12(14,15)9-5-8(1-2-10(9)18(19)20)17-11(21)7-3-4-16-6-7/h1-6,16H,(H,17,21). The van der Waals surface area contributed by atoms with Crippen LogP contribution in [0, 0.1) is 10.1 Å². The van der Waals surface area contributed by atoms with Crippen molar-refractivity contribution in [3.05, 3.63) is 57.9 Å². The van der Waals surface area contributed by atoms with E-state index in [1.807, 2.05) is 0 Å². The number of nitrogens with one attached hydrogen (secondary N) is 2. The lowest BCUT2D eigenvalue weighted by molar-refractivity contribution is -0.388. The van der Waals surface area contributed by atoms with Gasteiger partial charge in [0.05, 0.1) is 4.92 Å². The van der Waals surface area contributed by atoms with E-state index in [9.17, 15) is 23.3 Å². The first-order valence-electron chi connectivity index (χ1n) is 5.59. The van der Waals surface area contributed by atoms with Gasteiger partial charge in [0.15, 0.2) is 0 Å². The van der Waals surface area contributed by atoms with E-state index in [-0.39, 0.29) is 10.7 Å². The molecule has 0 aliphatic heterocycles. The van der Waals surface area contributed by atoms with Crippen LogP contribution in [0.2, 0.25) is 0 Å². The largest absolute Gasteiger partial charge is 0.423 e. The Morgan fingerprint density at radius 2 is 2.05 bits per heavy atom. The van der Waals surface area contributed by atoms with E-state index in [1.54, 1.807) is 18.5 Å². The minimum atomic E-state index is -4.82. The molecule has 2 aromatic rings. The van der Waals surface area contributed by atoms with Gasteiger partial charge in [0.2, 0.25) is 0 Å². The van der Waals surface area contributed by atoms with Gasteiger partial charge < -0.3 is 10.3 Å². The average Bonchev–Trinajstić information content (AvgIpc) is 2.91. The maximum Gasteiger partial charge on any atom is 0.423 e. The lowest BCUT2D eigenvalue weighted by Gasteiger charge is -2.11. The van der Waals surface area contributed by atoms with Crippen LogP contribution in [-0.2, 0) is 6.18 Å². The van der Waals surface area contributed by atoms with Crippen molar-refractivity contribution in [3.8, 4) is 0 Å². The predicted octanol–water partition coefficient (Wildman–Crippen LogP) is 3.73. The normalized spacial score (nSPS) is 11.2. The van der Waals surface area contributed by atoms with Gasteiger partial charge >= 0.3 is 6.18 Å². The third-order valence-electron chi connectivity index (χ3n) is 2.62. The van der Waals surface area contributed by atoms with Gasteiger partial charge in [-0.1, -0.05) is 12.2 Å². The molecule has 0 atom stereocenters. The quantitative estimate of drug-likeness (QED) is 0.514. The molecular formula is C12H8F3N3O2S. The van der Waals surface area contributed by atoms with Gasteiger partial charge in [-0.15, -0.1) is 0 Å². The Labute approximate surface area is 121 Å². The molecule has 0 aliphatic carbocycles. The zero-order valence-corrected chi connectivity index (χ0v) is 11.1. The van der Waals surface area contributed by atoms with Crippen LogP contribution in [-0.4, -0.2) is 14.9 Å². The van der Waals surface area contributed by atoms with Crippen molar-refractivity contribution in [2.24, 2.45) is 0 Å². The van der Waals surface area contributed by atoms with Gasteiger partial charge in [-0.05, 0) is 18.2 Å². The molecule has 2 rings (SSSR count). The topological polar surface area (TPSA) is 71.0 Å². The maximum absolute atomic E-state index is 12.8. The lowest BCUT2D eigenvalue weighted by Crippen LogP contribution is -2.13. The molecule has 9 heteroatoms. The summed E-state index contributed by atoms with van der Waals surface area (Å²) >= 11 is 5.03. The van der Waals surface area contributed by atoms with E-state index in [0.29, 0.717) is 11.6 Å². The van der Waals surface area contributed by atoms with Crippen molar-refractivity contribution in [3.63, 3.8) is 0 Å². The molecule has 1 heterocycles. The highest BCUT2D eigenvalue weighted by Gasteiger charge is 2.38. The first-order chi connectivity index (χ1) is 9.79. The van der Waals surface area contributed by atoms with E-state index in [4.69, 9.17) is 12.2 Å². The molecule has 2 N–H and O–H groups in total. The number of rotatable bonds is 3. The number of nitrogens with zero attached hydrogens (tertiary/aromatic N) is 1. The van der Waals surface area contributed by atoms with Crippen molar-refractivity contribution in [2.75, 3.05) is 5.32 Å². The number of hydrogen-bond acceptors (Lipinski definition) is 3. The number of alkyl halides is 3. The number of anilines is 1. The Balaban J connectivity index is 2.34. The summed E-state index contributed by atoms with van der Waals surface area (Å²) in [6.07, 6.45) is -1.64. The fraction of sp³-hybridized carbons (Fsp3) is 0.0833. The monoisotopic (exact) mass is 315 g/mol. The zero-order valence-electron chi connectivity index (χ0n) is 10.3. The molecule has 0 saturated carbocycles. The van der Waals surface area contributed by atoms with Gasteiger partial charge in [-0.2, -0.15) is 13.2 Å². The molecular weight excluding hydrogens is 307 g/mol. The van der Waals surface area contributed by atoms with Crippen LogP contribution in [0.5, 0.6) is 0 Å². The Kier molecular flexibility index (Phi) is 3.94. The minimum Gasteiger partial charge on any atom is -0.367 e. The highest BCUT2D eigenvalue weighted by atomic mass is 32.1. The second-order valence-corrected chi connectivity index (χ2v) is 4.45. The molecule has 1 aromatic carbocycles. The molecule has 0 radical (unpaired) electrons. The van der Waals surface area contributed by atoms with E-state index in [0.717, 1.165) is 6.07 Å². The third-order valence-corrected chi connectivity index (χ3v) is 2.95. The number of nitro groups is 1. The van der Waals surface area contributed by atoms with Gasteiger partial charge in [0.25, 0.3) is 5.69 Å². The van der Waals surface area contributed by atoms with Crippen molar-refractivity contribution >= 4 is 28.6 Å². The third kappa shape index (κ3) is 3.37. The average molecular weight is 315 g/mol. The van der Waals surface area contributed by atoms with Gasteiger partial charge in [0, 0.05) is 29.7 Å². The summed E-state index contributed by atoms with van der Waals surface area (Å²) in [7, 11) is 0. The summed E-state index contributed by atoms with van der Waals surface area (Å²) in [5.74, 6) is 0. The zero-order chi connectivity index (χ0) is 15.6. The Morgan fingerprint density at radius 3 is 2.57 bits per heavy atom. The minimum absolute atomic E-state index is 0.0270. The number of aromatic nitrogens is 1. The highest BCUT2D eigenvalue weighted by Crippen LogP contribution is 2.37. The molecule has 110 valence electrons. The van der Waals surface area contributed by atoms with Crippen LogP contribution in [0.3, 0.4) is 0 Å². The van der Waals surface area contributed by atoms with Crippen LogP contribution in [0.4, 0.5) is 24.5 Å². The number of nitro benzene ring substituents is 1. The number of halogens is 3. The summed E-state index contributed by atoms with van der Waals surface area (Å²) in [5, 5.41) is 13.3.